The van der Waals surface area contributed by atoms with Crippen LogP contribution in [0.25, 0.3) is 5.57 Å². The van der Waals surface area contributed by atoms with Gasteiger partial charge in [0, 0.05) is 36.4 Å². The Balaban J connectivity index is 2.15. The van der Waals surface area contributed by atoms with Gasteiger partial charge in [-0.15, -0.1) is 0 Å². The van der Waals surface area contributed by atoms with Crippen molar-refractivity contribution in [3.05, 3.63) is 59.7 Å². The fourth-order valence-electron chi connectivity index (χ4n) is 3.12. The summed E-state index contributed by atoms with van der Waals surface area (Å²) in [6.07, 6.45) is 9.08. The third-order valence-corrected chi connectivity index (χ3v) is 4.39. The van der Waals surface area contributed by atoms with Crippen LogP contribution in [0.1, 0.15) is 44.4 Å². The Bertz CT molecular complexity index is 666. The van der Waals surface area contributed by atoms with Crippen LogP contribution in [0, 0.1) is 5.92 Å². The predicted molar refractivity (Wildman–Crippen MR) is 92.0 cm³/mol. The van der Waals surface area contributed by atoms with E-state index in [4.69, 9.17) is 4.99 Å². The van der Waals surface area contributed by atoms with E-state index in [1.165, 1.54) is 16.8 Å². The Morgan fingerprint density at radius 2 is 2.23 bits per heavy atom. The first-order valence-electron chi connectivity index (χ1n) is 8.13. The van der Waals surface area contributed by atoms with Crippen LogP contribution in [0.2, 0.25) is 0 Å². The van der Waals surface area contributed by atoms with Gasteiger partial charge in [-0.2, -0.15) is 0 Å². The van der Waals surface area contributed by atoms with E-state index in [0.29, 0.717) is 5.92 Å². The molecule has 0 amide bonds. The second kappa shape index (κ2) is 6.73. The largest absolute Gasteiger partial charge is 0.361 e. The molecule has 0 aliphatic carbocycles. The van der Waals surface area contributed by atoms with E-state index in [-0.39, 0.29) is 0 Å². The van der Waals surface area contributed by atoms with Crippen molar-refractivity contribution in [3.8, 4) is 0 Å². The number of nitrogens with one attached hydrogen (secondary N) is 1. The smallest absolute Gasteiger partial charge is 0.0697 e. The third kappa shape index (κ3) is 2.89. The number of hydrogen-bond donors (Lipinski definition) is 1. The Morgan fingerprint density at radius 3 is 2.91 bits per heavy atom. The molecule has 1 unspecified atom stereocenters. The molecule has 1 atom stereocenters. The molecule has 22 heavy (non-hydrogen) atoms. The molecule has 0 bridgehead atoms. The lowest BCUT2D eigenvalue weighted by molar-refractivity contribution is 0.704. The normalized spacial score (nSPS) is 18.7. The van der Waals surface area contributed by atoms with E-state index in [2.05, 4.69) is 42.0 Å². The van der Waals surface area contributed by atoms with E-state index in [0.717, 1.165) is 37.1 Å². The van der Waals surface area contributed by atoms with E-state index >= 15 is 0 Å². The van der Waals surface area contributed by atoms with Gasteiger partial charge >= 0.3 is 0 Å². The molecule has 3 heteroatoms. The Labute approximate surface area is 132 Å². The number of aliphatic imine (C=N–C) groups is 1. The predicted octanol–water partition coefficient (Wildman–Crippen LogP) is 4.49. The summed E-state index contributed by atoms with van der Waals surface area (Å²) in [4.78, 5) is 12.5. The standard InChI is InChI=1S/C19H23N3/c1-3-14(2)18(17-9-6-11-21-17)16-8-5-12-22-19(16)15-7-4-10-20-13-15/h4,6-7,9-11,13-14,21H,3,5,8,12H2,1-2H3. The summed E-state index contributed by atoms with van der Waals surface area (Å²) in [6, 6.07) is 8.34. The topological polar surface area (TPSA) is 41.0 Å². The van der Waals surface area contributed by atoms with Gasteiger partial charge in [-0.3, -0.25) is 9.98 Å². The maximum atomic E-state index is 4.83. The van der Waals surface area contributed by atoms with Crippen LogP contribution in [0.3, 0.4) is 0 Å². The van der Waals surface area contributed by atoms with Gasteiger partial charge in [0.2, 0.25) is 0 Å². The number of pyridine rings is 1. The molecule has 0 saturated heterocycles. The maximum absolute atomic E-state index is 4.83. The minimum atomic E-state index is 0.508. The van der Waals surface area contributed by atoms with E-state index in [1.807, 2.05) is 24.7 Å². The molecule has 0 saturated carbocycles. The van der Waals surface area contributed by atoms with Crippen molar-refractivity contribution in [3.63, 3.8) is 0 Å². The summed E-state index contributed by atoms with van der Waals surface area (Å²) in [5.74, 6) is 0.508. The number of H-pyrrole nitrogens is 1. The monoisotopic (exact) mass is 293 g/mol. The third-order valence-electron chi connectivity index (χ3n) is 4.39. The van der Waals surface area contributed by atoms with Gasteiger partial charge in [0.15, 0.2) is 0 Å². The van der Waals surface area contributed by atoms with Gasteiger partial charge in [0.25, 0.3) is 0 Å². The van der Waals surface area contributed by atoms with Crippen molar-refractivity contribution in [2.24, 2.45) is 10.9 Å². The molecule has 0 spiro atoms. The molecule has 114 valence electrons. The molecular formula is C19H23N3. The summed E-state index contributed by atoms with van der Waals surface area (Å²) in [6.45, 7) is 5.46. The molecule has 3 heterocycles. The van der Waals surface area contributed by atoms with Crippen LogP contribution in [-0.4, -0.2) is 22.2 Å². The van der Waals surface area contributed by atoms with Gasteiger partial charge in [-0.1, -0.05) is 13.8 Å². The fourth-order valence-corrected chi connectivity index (χ4v) is 3.12. The molecule has 3 nitrogen and oxygen atoms in total. The highest BCUT2D eigenvalue weighted by Crippen LogP contribution is 2.33. The van der Waals surface area contributed by atoms with E-state index < -0.39 is 0 Å². The van der Waals surface area contributed by atoms with E-state index in [9.17, 15) is 0 Å². The molecule has 2 aromatic rings. The lowest BCUT2D eigenvalue weighted by atomic mass is 9.84. The minimum Gasteiger partial charge on any atom is -0.361 e. The molecule has 0 radical (unpaired) electrons. The number of hydrogen-bond acceptors (Lipinski definition) is 2. The SMILES string of the molecule is CCC(C)C(=C1CCCN=C1c1cccnc1)c1ccc[nH]1. The van der Waals surface area contributed by atoms with Crippen molar-refractivity contribution in [1.82, 2.24) is 9.97 Å². The second-order valence-electron chi connectivity index (χ2n) is 5.86. The molecule has 2 aromatic heterocycles. The molecule has 1 N–H and O–H groups in total. The first-order chi connectivity index (χ1) is 10.8. The zero-order valence-corrected chi connectivity index (χ0v) is 13.3. The Kier molecular flexibility index (Phi) is 4.52. The molecule has 0 fully saturated rings. The number of allylic oxidation sites excluding steroid dienone is 2. The van der Waals surface area contributed by atoms with Crippen LogP contribution >= 0.6 is 0 Å². The van der Waals surface area contributed by atoms with Gasteiger partial charge in [0.05, 0.1) is 5.71 Å². The molecule has 1 aliphatic heterocycles. The van der Waals surface area contributed by atoms with Crippen molar-refractivity contribution in [1.29, 1.82) is 0 Å². The zero-order chi connectivity index (χ0) is 15.4. The van der Waals surface area contributed by atoms with Gasteiger partial charge in [0.1, 0.15) is 0 Å². The summed E-state index contributed by atoms with van der Waals surface area (Å²) in [5, 5.41) is 0. The maximum Gasteiger partial charge on any atom is 0.0697 e. The average Bonchev–Trinajstić information content (AvgIpc) is 3.10. The quantitative estimate of drug-likeness (QED) is 0.886. The van der Waals surface area contributed by atoms with Crippen molar-refractivity contribution in [2.45, 2.75) is 33.1 Å². The van der Waals surface area contributed by atoms with Crippen LogP contribution < -0.4 is 0 Å². The summed E-state index contributed by atoms with van der Waals surface area (Å²) in [5.41, 5.74) is 6.28. The fraction of sp³-hybridized carbons (Fsp3) is 0.368. The lowest BCUT2D eigenvalue weighted by Gasteiger charge is -2.24. The van der Waals surface area contributed by atoms with Crippen LogP contribution in [0.5, 0.6) is 0 Å². The number of nitrogens with zero attached hydrogens (tertiary/aromatic N) is 2. The van der Waals surface area contributed by atoms with E-state index in [1.54, 1.807) is 0 Å². The van der Waals surface area contributed by atoms with Crippen LogP contribution in [-0.2, 0) is 0 Å². The summed E-state index contributed by atoms with van der Waals surface area (Å²) in [7, 11) is 0. The number of aromatic amines is 1. The number of aromatic nitrogens is 2. The van der Waals surface area contributed by atoms with Crippen molar-refractivity contribution < 1.29 is 0 Å². The zero-order valence-electron chi connectivity index (χ0n) is 13.3. The molecule has 0 aromatic carbocycles. The lowest BCUT2D eigenvalue weighted by Crippen LogP contribution is -2.16. The van der Waals surface area contributed by atoms with Gasteiger partial charge in [-0.25, -0.2) is 0 Å². The first kappa shape index (κ1) is 14.8. The minimum absolute atomic E-state index is 0.508. The molecule has 1 aliphatic rings. The van der Waals surface area contributed by atoms with Crippen molar-refractivity contribution in [2.75, 3.05) is 6.54 Å². The Morgan fingerprint density at radius 1 is 1.32 bits per heavy atom. The second-order valence-corrected chi connectivity index (χ2v) is 5.86. The van der Waals surface area contributed by atoms with Gasteiger partial charge < -0.3 is 4.98 Å². The number of rotatable bonds is 4. The summed E-state index contributed by atoms with van der Waals surface area (Å²) < 4.78 is 0. The molecular weight excluding hydrogens is 270 g/mol. The highest BCUT2D eigenvalue weighted by atomic mass is 14.8. The van der Waals surface area contributed by atoms with Gasteiger partial charge in [-0.05, 0) is 60.6 Å². The average molecular weight is 293 g/mol. The first-order valence-corrected chi connectivity index (χ1v) is 8.13. The van der Waals surface area contributed by atoms with Crippen molar-refractivity contribution >= 4 is 11.3 Å². The highest BCUT2D eigenvalue weighted by Gasteiger charge is 2.22. The molecule has 3 rings (SSSR count). The van der Waals surface area contributed by atoms with Crippen LogP contribution in [0.4, 0.5) is 0 Å². The Hall–Kier alpha value is -2.16. The van der Waals surface area contributed by atoms with Crippen LogP contribution in [0.15, 0.2) is 53.4 Å². The summed E-state index contributed by atoms with van der Waals surface area (Å²) >= 11 is 0. The highest BCUT2D eigenvalue weighted by molar-refractivity contribution is 6.16.